The number of nitrogens with two attached hydrogens (primary N) is 2. The largest absolute Gasteiger partial charge is 0.573 e. The van der Waals surface area contributed by atoms with E-state index in [4.69, 9.17) is 16.2 Å². The van der Waals surface area contributed by atoms with Crippen molar-refractivity contribution in [2.75, 3.05) is 11.5 Å². The molecule has 35 heavy (non-hydrogen) atoms. The molecule has 0 spiro atoms. The van der Waals surface area contributed by atoms with Gasteiger partial charge in [-0.05, 0) is 84.6 Å². The van der Waals surface area contributed by atoms with E-state index < -0.39 is 24.1 Å². The third kappa shape index (κ3) is 7.81. The Labute approximate surface area is 198 Å². The summed E-state index contributed by atoms with van der Waals surface area (Å²) < 4.78 is 45.7. The summed E-state index contributed by atoms with van der Waals surface area (Å²) in [6.07, 6.45) is -2.66. The number of nitrogen functional groups attached to an aromatic ring is 2. The number of aliphatic carboxylic acids is 1. The molecule has 0 aromatic heterocycles. The summed E-state index contributed by atoms with van der Waals surface area (Å²) >= 11 is 0. The molecule has 0 aliphatic rings. The van der Waals surface area contributed by atoms with Gasteiger partial charge < -0.3 is 26.0 Å². The van der Waals surface area contributed by atoms with Crippen molar-refractivity contribution in [1.82, 2.24) is 0 Å². The maximum Gasteiger partial charge on any atom is 0.573 e. The molecule has 0 saturated heterocycles. The van der Waals surface area contributed by atoms with Gasteiger partial charge in [-0.2, -0.15) is 0 Å². The molecule has 0 aliphatic carbocycles. The highest BCUT2D eigenvalue weighted by molar-refractivity contribution is 5.92. The van der Waals surface area contributed by atoms with Crippen LogP contribution in [-0.2, 0) is 11.2 Å². The Morgan fingerprint density at radius 3 is 2.00 bits per heavy atom. The second kappa shape index (κ2) is 10.6. The number of carboxylic acid groups (broad SMARTS) is 1. The molecular weight excluding hydrogens is 465 g/mol. The fraction of sp³-hybridized carbons (Fsp3) is 0.120. The van der Waals surface area contributed by atoms with E-state index in [1.54, 1.807) is 30.3 Å². The van der Waals surface area contributed by atoms with Crippen LogP contribution in [0.4, 0.5) is 24.5 Å². The van der Waals surface area contributed by atoms with Gasteiger partial charge in [0.1, 0.15) is 11.5 Å². The quantitative estimate of drug-likeness (QED) is 0.176. The molecule has 0 saturated carbocycles. The fourth-order valence-corrected chi connectivity index (χ4v) is 3.20. The number of ether oxygens (including phenoxy) is 2. The Morgan fingerprint density at radius 2 is 1.46 bits per heavy atom. The average Bonchev–Trinajstić information content (AvgIpc) is 2.76. The van der Waals surface area contributed by atoms with Gasteiger partial charge in [0.25, 0.3) is 0 Å². The SMILES string of the molecule is Nc1cc(N)cc(CCC(=Cc2ccc(OC(=O)c3ccc(OC(F)(F)F)cc3)cc2)C(=O)O)c1. The second-order valence-electron chi connectivity index (χ2n) is 7.51. The number of benzene rings is 3. The highest BCUT2D eigenvalue weighted by atomic mass is 19.4. The Hall–Kier alpha value is -4.47. The Bertz CT molecular complexity index is 1220. The molecule has 7 nitrogen and oxygen atoms in total. The zero-order valence-corrected chi connectivity index (χ0v) is 18.2. The van der Waals surface area contributed by atoms with Crippen LogP contribution in [0.2, 0.25) is 0 Å². The molecule has 5 N–H and O–H groups in total. The lowest BCUT2D eigenvalue weighted by atomic mass is 10.0. The van der Waals surface area contributed by atoms with E-state index in [9.17, 15) is 27.9 Å². The minimum atomic E-state index is -4.83. The highest BCUT2D eigenvalue weighted by Crippen LogP contribution is 2.24. The first kappa shape index (κ1) is 25.2. The van der Waals surface area contributed by atoms with Crippen molar-refractivity contribution in [3.05, 3.63) is 89.0 Å². The second-order valence-corrected chi connectivity index (χ2v) is 7.51. The Morgan fingerprint density at radius 1 is 0.886 bits per heavy atom. The van der Waals surface area contributed by atoms with Crippen LogP contribution in [0.3, 0.4) is 0 Å². The number of carbonyl (C=O) groups is 2. The van der Waals surface area contributed by atoms with Gasteiger partial charge in [-0.3, -0.25) is 0 Å². The first-order valence-electron chi connectivity index (χ1n) is 10.3. The minimum absolute atomic E-state index is 0.0267. The van der Waals surface area contributed by atoms with Crippen molar-refractivity contribution in [3.8, 4) is 11.5 Å². The molecule has 0 aliphatic heterocycles. The number of aryl methyl sites for hydroxylation is 1. The first-order valence-corrected chi connectivity index (χ1v) is 10.3. The summed E-state index contributed by atoms with van der Waals surface area (Å²) in [4.78, 5) is 23.9. The number of hydrogen-bond donors (Lipinski definition) is 3. The molecular formula is C25H21F3N2O5. The van der Waals surface area contributed by atoms with Crippen LogP contribution in [0.15, 0.2) is 72.3 Å². The maximum absolute atomic E-state index is 12.2. The number of alkyl halides is 3. The van der Waals surface area contributed by atoms with Gasteiger partial charge in [-0.25, -0.2) is 9.59 Å². The van der Waals surface area contributed by atoms with E-state index in [0.29, 0.717) is 23.4 Å². The number of rotatable bonds is 8. The predicted molar refractivity (Wildman–Crippen MR) is 124 cm³/mol. The topological polar surface area (TPSA) is 125 Å². The standard InChI is InChI=1S/C25H21F3N2O5/c26-25(27,28)35-22-9-5-17(6-10-22)24(33)34-21-7-2-15(3-8-21)11-18(23(31)32)4-1-16-12-19(29)14-20(30)13-16/h2-3,5-14H,1,4,29-30H2,(H,31,32). The van der Waals surface area contributed by atoms with Gasteiger partial charge in [-0.15, -0.1) is 13.2 Å². The lowest BCUT2D eigenvalue weighted by Crippen LogP contribution is -2.17. The van der Waals surface area contributed by atoms with Crippen LogP contribution in [0.25, 0.3) is 6.08 Å². The van der Waals surface area contributed by atoms with Crippen molar-refractivity contribution in [2.24, 2.45) is 0 Å². The van der Waals surface area contributed by atoms with E-state index in [2.05, 4.69) is 4.74 Å². The van der Waals surface area contributed by atoms with Crippen molar-refractivity contribution >= 4 is 29.4 Å². The third-order valence-electron chi connectivity index (χ3n) is 4.75. The number of anilines is 2. The number of carboxylic acids is 1. The van der Waals surface area contributed by atoms with E-state index in [-0.39, 0.29) is 23.3 Å². The summed E-state index contributed by atoms with van der Waals surface area (Å²) in [5.41, 5.74) is 14.1. The summed E-state index contributed by atoms with van der Waals surface area (Å²) in [7, 11) is 0. The van der Waals surface area contributed by atoms with Crippen LogP contribution in [0.1, 0.15) is 27.9 Å². The average molecular weight is 486 g/mol. The predicted octanol–water partition coefficient (Wildman–Crippen LogP) is 5.07. The molecule has 182 valence electrons. The molecule has 0 unspecified atom stereocenters. The summed E-state index contributed by atoms with van der Waals surface area (Å²) in [6, 6.07) is 15.5. The molecule has 0 atom stereocenters. The van der Waals surface area contributed by atoms with Crippen molar-refractivity contribution < 1.29 is 37.3 Å². The molecule has 0 heterocycles. The lowest BCUT2D eigenvalue weighted by molar-refractivity contribution is -0.274. The fourth-order valence-electron chi connectivity index (χ4n) is 3.20. The first-order chi connectivity index (χ1) is 16.5. The number of esters is 1. The molecule has 0 fully saturated rings. The monoisotopic (exact) mass is 486 g/mol. The van der Waals surface area contributed by atoms with Gasteiger partial charge >= 0.3 is 18.3 Å². The van der Waals surface area contributed by atoms with Crippen LogP contribution in [-0.4, -0.2) is 23.4 Å². The summed E-state index contributed by atoms with van der Waals surface area (Å²) in [5.74, 6) is -2.14. The van der Waals surface area contributed by atoms with Gasteiger partial charge in [0.15, 0.2) is 0 Å². The van der Waals surface area contributed by atoms with E-state index >= 15 is 0 Å². The summed E-state index contributed by atoms with van der Waals surface area (Å²) in [6.45, 7) is 0. The Balaban J connectivity index is 1.64. The van der Waals surface area contributed by atoms with Crippen LogP contribution >= 0.6 is 0 Å². The van der Waals surface area contributed by atoms with E-state index in [1.807, 2.05) is 0 Å². The van der Waals surface area contributed by atoms with Crippen LogP contribution < -0.4 is 20.9 Å². The normalized spacial score (nSPS) is 11.7. The zero-order chi connectivity index (χ0) is 25.6. The van der Waals surface area contributed by atoms with Gasteiger partial charge in [-0.1, -0.05) is 12.1 Å². The number of halogens is 3. The van der Waals surface area contributed by atoms with Crippen molar-refractivity contribution in [3.63, 3.8) is 0 Å². The van der Waals surface area contributed by atoms with Gasteiger partial charge in [0.05, 0.1) is 5.56 Å². The molecule has 3 rings (SSSR count). The molecule has 0 bridgehead atoms. The third-order valence-corrected chi connectivity index (χ3v) is 4.75. The molecule has 0 amide bonds. The molecule has 3 aromatic rings. The van der Waals surface area contributed by atoms with Crippen molar-refractivity contribution in [1.29, 1.82) is 0 Å². The van der Waals surface area contributed by atoms with Crippen LogP contribution in [0, 0.1) is 0 Å². The number of hydrogen-bond acceptors (Lipinski definition) is 6. The van der Waals surface area contributed by atoms with Crippen molar-refractivity contribution in [2.45, 2.75) is 19.2 Å². The van der Waals surface area contributed by atoms with E-state index in [0.717, 1.165) is 29.8 Å². The smallest absolute Gasteiger partial charge is 0.478 e. The lowest BCUT2D eigenvalue weighted by Gasteiger charge is -2.09. The highest BCUT2D eigenvalue weighted by Gasteiger charge is 2.31. The summed E-state index contributed by atoms with van der Waals surface area (Å²) in [5, 5.41) is 9.54. The molecule has 0 radical (unpaired) electrons. The molecule has 3 aromatic carbocycles. The number of carbonyl (C=O) groups excluding carboxylic acids is 1. The minimum Gasteiger partial charge on any atom is -0.478 e. The Kier molecular flexibility index (Phi) is 7.65. The van der Waals surface area contributed by atoms with Gasteiger partial charge in [0, 0.05) is 16.9 Å². The molecule has 10 heteroatoms. The van der Waals surface area contributed by atoms with Gasteiger partial charge in [0.2, 0.25) is 0 Å². The van der Waals surface area contributed by atoms with Crippen LogP contribution in [0.5, 0.6) is 11.5 Å². The van der Waals surface area contributed by atoms with E-state index in [1.165, 1.54) is 18.2 Å². The zero-order valence-electron chi connectivity index (χ0n) is 18.2. The maximum atomic E-state index is 12.2.